The number of allylic oxidation sites excluding steroid dienone is 6. The van der Waals surface area contributed by atoms with Crippen molar-refractivity contribution in [2.45, 2.75) is 46.7 Å². The van der Waals surface area contributed by atoms with Gasteiger partial charge in [0.05, 0.1) is 0 Å². The molecule has 3 heteroatoms. The fourth-order valence-corrected chi connectivity index (χ4v) is 3.14. The summed E-state index contributed by atoms with van der Waals surface area (Å²) in [5.74, 6) is 1.17. The van der Waals surface area contributed by atoms with E-state index in [4.69, 9.17) is 11.5 Å². The fourth-order valence-electron chi connectivity index (χ4n) is 1.93. The molecule has 2 atom stereocenters. The van der Waals surface area contributed by atoms with Crippen LogP contribution in [0.2, 0.25) is 0 Å². The van der Waals surface area contributed by atoms with Gasteiger partial charge < -0.3 is 11.5 Å². The number of rotatable bonds is 5. The van der Waals surface area contributed by atoms with Crippen LogP contribution in [0.4, 0.5) is 0 Å². The zero-order valence-corrected chi connectivity index (χ0v) is 14.4. The summed E-state index contributed by atoms with van der Waals surface area (Å²) in [7, 11) is 0.784. The number of hydrogen-bond acceptors (Lipinski definition) is 2. The molecule has 0 radical (unpaired) electrons. The Hall–Kier alpha value is -1.01. The van der Waals surface area contributed by atoms with Gasteiger partial charge in [0.25, 0.3) is 0 Å². The van der Waals surface area contributed by atoms with Crippen LogP contribution in [0.15, 0.2) is 46.6 Å². The highest BCUT2D eigenvalue weighted by Crippen LogP contribution is 2.39. The Labute approximate surface area is 125 Å². The van der Waals surface area contributed by atoms with E-state index in [1.165, 1.54) is 10.9 Å². The molecular weight excluding hydrogens is 263 g/mol. The summed E-state index contributed by atoms with van der Waals surface area (Å²) < 4.78 is 0. The Bertz CT molecular complexity index is 454. The highest BCUT2D eigenvalue weighted by molar-refractivity contribution is 7.44. The minimum atomic E-state index is 0.533. The molecule has 0 aromatic carbocycles. The quantitative estimate of drug-likeness (QED) is 0.744. The minimum absolute atomic E-state index is 0.533. The molecule has 0 aromatic rings. The Balaban J connectivity index is 2.97. The second-order valence-electron chi connectivity index (χ2n) is 6.19. The monoisotopic (exact) mass is 292 g/mol. The lowest BCUT2D eigenvalue weighted by atomic mass is 9.96. The van der Waals surface area contributed by atoms with Crippen molar-refractivity contribution >= 4 is 8.58 Å². The third kappa shape index (κ3) is 5.17. The van der Waals surface area contributed by atoms with Crippen molar-refractivity contribution in [3.63, 3.8) is 0 Å². The molecule has 0 saturated heterocycles. The van der Waals surface area contributed by atoms with Gasteiger partial charge in [-0.1, -0.05) is 55.4 Å². The molecule has 1 aliphatic rings. The van der Waals surface area contributed by atoms with E-state index < -0.39 is 0 Å². The molecule has 0 aliphatic heterocycles. The van der Waals surface area contributed by atoms with Crippen LogP contribution in [-0.4, -0.2) is 5.66 Å². The maximum atomic E-state index is 6.30. The molecule has 112 valence electrons. The zero-order chi connectivity index (χ0) is 15.3. The SMILES string of the molecule is CC(C)PC1=CC=C(N)C/C1=C(N)\C=C/C(C)C(C)C. The lowest BCUT2D eigenvalue weighted by molar-refractivity contribution is 0.504. The van der Waals surface area contributed by atoms with E-state index in [2.05, 4.69) is 52.8 Å². The molecule has 0 heterocycles. The lowest BCUT2D eigenvalue weighted by Crippen LogP contribution is -2.10. The van der Waals surface area contributed by atoms with Crippen LogP contribution in [0, 0.1) is 11.8 Å². The van der Waals surface area contributed by atoms with Crippen LogP contribution in [0.1, 0.15) is 41.0 Å². The second-order valence-corrected chi connectivity index (χ2v) is 8.18. The van der Waals surface area contributed by atoms with Crippen molar-refractivity contribution in [3.8, 4) is 0 Å². The van der Waals surface area contributed by atoms with Crippen LogP contribution in [0.5, 0.6) is 0 Å². The van der Waals surface area contributed by atoms with Gasteiger partial charge in [0, 0.05) is 17.8 Å². The third-order valence-electron chi connectivity index (χ3n) is 3.59. The first-order valence-corrected chi connectivity index (χ1v) is 8.49. The van der Waals surface area contributed by atoms with E-state index in [-0.39, 0.29) is 0 Å². The molecule has 4 N–H and O–H groups in total. The van der Waals surface area contributed by atoms with Gasteiger partial charge in [-0.3, -0.25) is 0 Å². The van der Waals surface area contributed by atoms with Gasteiger partial charge in [0.2, 0.25) is 0 Å². The molecule has 0 fully saturated rings. The van der Waals surface area contributed by atoms with Gasteiger partial charge in [-0.05, 0) is 40.5 Å². The Morgan fingerprint density at radius 3 is 2.40 bits per heavy atom. The molecule has 2 nitrogen and oxygen atoms in total. The van der Waals surface area contributed by atoms with Crippen molar-refractivity contribution in [1.29, 1.82) is 0 Å². The van der Waals surface area contributed by atoms with Crippen molar-refractivity contribution in [1.82, 2.24) is 0 Å². The summed E-state index contributed by atoms with van der Waals surface area (Å²) in [4.78, 5) is 0. The molecule has 2 unspecified atom stereocenters. The predicted octanol–water partition coefficient (Wildman–Crippen LogP) is 4.26. The standard InChI is InChI=1S/C17H29N2P/c1-11(2)13(5)6-8-16(19)15-10-14(18)7-9-17(15)20-12(3)4/h6-9,11-13,20H,10,18-19H2,1-5H3/b8-6-,16-15-. The molecule has 0 saturated carbocycles. The van der Waals surface area contributed by atoms with Crippen molar-refractivity contribution in [2.24, 2.45) is 23.3 Å². The summed E-state index contributed by atoms with van der Waals surface area (Å²) in [5.41, 5.74) is 15.9. The van der Waals surface area contributed by atoms with Crippen molar-refractivity contribution in [3.05, 3.63) is 46.6 Å². The summed E-state index contributed by atoms with van der Waals surface area (Å²) in [6, 6.07) is 0. The van der Waals surface area contributed by atoms with E-state index in [0.717, 1.165) is 26.4 Å². The average Bonchev–Trinajstić information content (AvgIpc) is 2.36. The smallest absolute Gasteiger partial charge is 0.0353 e. The summed E-state index contributed by atoms with van der Waals surface area (Å²) in [5, 5.41) is 1.36. The second kappa shape index (κ2) is 7.69. The molecule has 0 spiro atoms. The first-order valence-electron chi connectivity index (χ1n) is 7.41. The largest absolute Gasteiger partial charge is 0.402 e. The molecule has 0 aromatic heterocycles. The highest BCUT2D eigenvalue weighted by atomic mass is 31.1. The van der Waals surface area contributed by atoms with Gasteiger partial charge >= 0.3 is 0 Å². The molecule has 0 amide bonds. The van der Waals surface area contributed by atoms with E-state index in [1.54, 1.807) is 0 Å². The van der Waals surface area contributed by atoms with Gasteiger partial charge in [-0.2, -0.15) is 0 Å². The maximum absolute atomic E-state index is 6.30. The van der Waals surface area contributed by atoms with Crippen LogP contribution in [0.3, 0.4) is 0 Å². The first kappa shape index (κ1) is 17.0. The first-order chi connectivity index (χ1) is 9.31. The van der Waals surface area contributed by atoms with Gasteiger partial charge in [0.1, 0.15) is 0 Å². The number of nitrogens with two attached hydrogens (primary N) is 2. The summed E-state index contributed by atoms with van der Waals surface area (Å²) in [6.45, 7) is 11.2. The van der Waals surface area contributed by atoms with Crippen molar-refractivity contribution < 1.29 is 0 Å². The van der Waals surface area contributed by atoms with E-state index in [9.17, 15) is 0 Å². The van der Waals surface area contributed by atoms with E-state index in [0.29, 0.717) is 17.5 Å². The summed E-state index contributed by atoms with van der Waals surface area (Å²) in [6.07, 6.45) is 9.20. The fraction of sp³-hybridized carbons (Fsp3) is 0.529. The molecule has 1 aliphatic carbocycles. The van der Waals surface area contributed by atoms with Gasteiger partial charge in [0.15, 0.2) is 0 Å². The molecule has 1 rings (SSSR count). The maximum Gasteiger partial charge on any atom is 0.0353 e. The lowest BCUT2D eigenvalue weighted by Gasteiger charge is -2.20. The van der Waals surface area contributed by atoms with Crippen LogP contribution in [-0.2, 0) is 0 Å². The summed E-state index contributed by atoms with van der Waals surface area (Å²) >= 11 is 0. The average molecular weight is 292 g/mol. The molecule has 0 bridgehead atoms. The molecule has 20 heavy (non-hydrogen) atoms. The Morgan fingerprint density at radius 2 is 1.85 bits per heavy atom. The normalized spacial score (nSPS) is 20.9. The Kier molecular flexibility index (Phi) is 6.55. The van der Waals surface area contributed by atoms with Crippen LogP contribution < -0.4 is 11.5 Å². The van der Waals surface area contributed by atoms with E-state index in [1.807, 2.05) is 6.08 Å². The van der Waals surface area contributed by atoms with Crippen molar-refractivity contribution in [2.75, 3.05) is 0 Å². The molecular formula is C17H29N2P. The van der Waals surface area contributed by atoms with Gasteiger partial charge in [-0.25, -0.2) is 0 Å². The zero-order valence-electron chi connectivity index (χ0n) is 13.4. The van der Waals surface area contributed by atoms with Crippen LogP contribution in [0.25, 0.3) is 0 Å². The predicted molar refractivity (Wildman–Crippen MR) is 92.8 cm³/mol. The van der Waals surface area contributed by atoms with E-state index >= 15 is 0 Å². The van der Waals surface area contributed by atoms with Gasteiger partial charge in [-0.15, -0.1) is 0 Å². The van der Waals surface area contributed by atoms with Crippen LogP contribution >= 0.6 is 8.58 Å². The third-order valence-corrected chi connectivity index (χ3v) is 4.95. The Morgan fingerprint density at radius 1 is 1.20 bits per heavy atom. The number of hydrogen-bond donors (Lipinski definition) is 2. The minimum Gasteiger partial charge on any atom is -0.402 e. The highest BCUT2D eigenvalue weighted by Gasteiger charge is 2.14. The topological polar surface area (TPSA) is 52.0 Å².